The topological polar surface area (TPSA) is 119 Å². The van der Waals surface area contributed by atoms with Crippen LogP contribution in [0.1, 0.15) is 39.7 Å². The van der Waals surface area contributed by atoms with Crippen LogP contribution in [0, 0.1) is 11.8 Å². The smallest absolute Gasteiger partial charge is 0.475 e. The first-order valence-electron chi connectivity index (χ1n) is 9.31. The number of nitrogens with two attached hydrogens (primary N) is 1. The molecule has 4 N–H and O–H groups in total. The number of amides is 1. The third kappa shape index (κ3) is 11.4. The maximum Gasteiger partial charge on any atom is 0.490 e. The predicted molar refractivity (Wildman–Crippen MR) is 104 cm³/mol. The monoisotopic (exact) mass is 434 g/mol. The molecule has 30 heavy (non-hydrogen) atoms. The first-order chi connectivity index (χ1) is 13.8. The molecular formula is C20H29F3N2O5. The van der Waals surface area contributed by atoms with Gasteiger partial charge in [0.2, 0.25) is 5.91 Å². The Kier molecular flexibility index (Phi) is 11.7. The van der Waals surface area contributed by atoms with E-state index in [9.17, 15) is 22.8 Å². The van der Waals surface area contributed by atoms with Gasteiger partial charge < -0.3 is 20.9 Å². The molecule has 0 heterocycles. The van der Waals surface area contributed by atoms with Gasteiger partial charge in [0.15, 0.2) is 0 Å². The second-order valence-corrected chi connectivity index (χ2v) is 7.28. The molecule has 0 aliphatic rings. The van der Waals surface area contributed by atoms with Crippen LogP contribution in [0.3, 0.4) is 0 Å². The molecule has 0 aromatic heterocycles. The standard InChI is InChI=1S/C18H28N2O3.C2HF3O2/c1-12(2)17(13(3)4)20-18(22)15(19)10-16(21)23-11-14-8-6-5-7-9-14;3-2(4,5)1(6)7/h5-9,12-13,15,17H,10-11,19H2,1-4H3,(H,20,22);(H,6,7)/t15-;/m0./s1. The zero-order valence-corrected chi connectivity index (χ0v) is 17.4. The normalized spacial score (nSPS) is 12.2. The number of rotatable bonds is 8. The molecule has 7 nitrogen and oxygen atoms in total. The molecule has 1 aromatic carbocycles. The van der Waals surface area contributed by atoms with Gasteiger partial charge in [0.1, 0.15) is 6.61 Å². The summed E-state index contributed by atoms with van der Waals surface area (Å²) in [5, 5.41) is 10.0. The van der Waals surface area contributed by atoms with E-state index in [1.165, 1.54) is 0 Å². The maximum atomic E-state index is 12.1. The molecule has 0 bridgehead atoms. The van der Waals surface area contributed by atoms with Gasteiger partial charge in [-0.05, 0) is 17.4 Å². The van der Waals surface area contributed by atoms with Crippen molar-refractivity contribution in [1.29, 1.82) is 0 Å². The molecule has 1 amide bonds. The van der Waals surface area contributed by atoms with Crippen molar-refractivity contribution in [2.24, 2.45) is 17.6 Å². The van der Waals surface area contributed by atoms with Gasteiger partial charge in [0.25, 0.3) is 0 Å². The summed E-state index contributed by atoms with van der Waals surface area (Å²) in [4.78, 5) is 32.8. The molecule has 1 aromatic rings. The van der Waals surface area contributed by atoms with Crippen LogP contribution >= 0.6 is 0 Å². The number of carbonyl (C=O) groups is 3. The highest BCUT2D eigenvalue weighted by atomic mass is 19.4. The molecule has 0 aliphatic carbocycles. The minimum atomic E-state index is -5.08. The van der Waals surface area contributed by atoms with Gasteiger partial charge in [-0.2, -0.15) is 13.2 Å². The number of hydrogen-bond donors (Lipinski definition) is 3. The highest BCUT2D eigenvalue weighted by Crippen LogP contribution is 2.13. The van der Waals surface area contributed by atoms with E-state index in [-0.39, 0.29) is 25.0 Å². The summed E-state index contributed by atoms with van der Waals surface area (Å²) in [7, 11) is 0. The Hall–Kier alpha value is -2.62. The van der Waals surface area contributed by atoms with Gasteiger partial charge in [0, 0.05) is 6.04 Å². The summed E-state index contributed by atoms with van der Waals surface area (Å²) in [6.45, 7) is 8.37. The fourth-order valence-corrected chi connectivity index (χ4v) is 2.44. The number of benzene rings is 1. The Morgan fingerprint density at radius 3 is 1.93 bits per heavy atom. The van der Waals surface area contributed by atoms with Crippen molar-refractivity contribution in [1.82, 2.24) is 5.32 Å². The minimum Gasteiger partial charge on any atom is -0.475 e. The SMILES string of the molecule is CC(C)C(NC(=O)[C@@H](N)CC(=O)OCc1ccccc1)C(C)C.O=C(O)C(F)(F)F. The van der Waals surface area contributed by atoms with E-state index in [1.807, 2.05) is 58.0 Å². The van der Waals surface area contributed by atoms with Crippen molar-refractivity contribution in [2.75, 3.05) is 0 Å². The number of aliphatic carboxylic acids is 1. The van der Waals surface area contributed by atoms with E-state index in [2.05, 4.69) is 5.32 Å². The number of nitrogens with one attached hydrogen (secondary N) is 1. The Morgan fingerprint density at radius 1 is 1.07 bits per heavy atom. The van der Waals surface area contributed by atoms with Crippen molar-refractivity contribution in [3.8, 4) is 0 Å². The molecule has 1 rings (SSSR count). The summed E-state index contributed by atoms with van der Waals surface area (Å²) < 4.78 is 36.9. The van der Waals surface area contributed by atoms with E-state index in [4.69, 9.17) is 20.4 Å². The number of hydrogen-bond acceptors (Lipinski definition) is 5. The summed E-state index contributed by atoms with van der Waals surface area (Å²) in [5.74, 6) is -2.93. The highest BCUT2D eigenvalue weighted by molar-refractivity contribution is 5.86. The van der Waals surface area contributed by atoms with Crippen molar-refractivity contribution in [3.63, 3.8) is 0 Å². The Bertz CT molecular complexity index is 671. The van der Waals surface area contributed by atoms with Gasteiger partial charge >= 0.3 is 18.1 Å². The first-order valence-corrected chi connectivity index (χ1v) is 9.31. The van der Waals surface area contributed by atoms with Crippen molar-refractivity contribution in [2.45, 2.75) is 59.0 Å². The molecule has 0 unspecified atom stereocenters. The van der Waals surface area contributed by atoms with Gasteiger partial charge in [-0.3, -0.25) is 9.59 Å². The van der Waals surface area contributed by atoms with Gasteiger partial charge in [-0.25, -0.2) is 4.79 Å². The number of alkyl halides is 3. The molecule has 0 fully saturated rings. The lowest BCUT2D eigenvalue weighted by atomic mass is 9.93. The van der Waals surface area contributed by atoms with Crippen LogP contribution in [0.5, 0.6) is 0 Å². The summed E-state index contributed by atoms with van der Waals surface area (Å²) >= 11 is 0. The molecule has 0 saturated heterocycles. The van der Waals surface area contributed by atoms with Crippen molar-refractivity contribution < 1.29 is 37.4 Å². The largest absolute Gasteiger partial charge is 0.490 e. The minimum absolute atomic E-state index is 0.0360. The second kappa shape index (κ2) is 12.8. The van der Waals surface area contributed by atoms with Crippen LogP contribution < -0.4 is 11.1 Å². The fourth-order valence-electron chi connectivity index (χ4n) is 2.44. The van der Waals surface area contributed by atoms with Crippen LogP contribution in [-0.2, 0) is 25.7 Å². The van der Waals surface area contributed by atoms with Crippen LogP contribution in [0.2, 0.25) is 0 Å². The van der Waals surface area contributed by atoms with E-state index in [0.29, 0.717) is 11.8 Å². The molecular weight excluding hydrogens is 405 g/mol. The molecule has 170 valence electrons. The third-order valence-corrected chi connectivity index (χ3v) is 3.95. The Morgan fingerprint density at radius 2 is 1.53 bits per heavy atom. The second-order valence-electron chi connectivity index (χ2n) is 7.28. The quantitative estimate of drug-likeness (QED) is 0.542. The Balaban J connectivity index is 0.00000103. The molecule has 0 aliphatic heterocycles. The molecule has 0 radical (unpaired) electrons. The van der Waals surface area contributed by atoms with E-state index in [0.717, 1.165) is 5.56 Å². The van der Waals surface area contributed by atoms with Crippen LogP contribution in [-0.4, -0.2) is 41.2 Å². The first kappa shape index (κ1) is 27.4. The van der Waals surface area contributed by atoms with E-state index >= 15 is 0 Å². The lowest BCUT2D eigenvalue weighted by Crippen LogP contribution is -2.49. The van der Waals surface area contributed by atoms with Gasteiger partial charge in [-0.1, -0.05) is 58.0 Å². The van der Waals surface area contributed by atoms with E-state index < -0.39 is 24.2 Å². The number of carboxylic acids is 1. The molecule has 1 atom stereocenters. The van der Waals surface area contributed by atoms with Gasteiger partial charge in [-0.15, -0.1) is 0 Å². The number of halogens is 3. The molecule has 0 saturated carbocycles. The van der Waals surface area contributed by atoms with E-state index in [1.54, 1.807) is 0 Å². The van der Waals surface area contributed by atoms with Crippen LogP contribution in [0.4, 0.5) is 13.2 Å². The van der Waals surface area contributed by atoms with Crippen molar-refractivity contribution in [3.05, 3.63) is 35.9 Å². The number of ether oxygens (including phenoxy) is 1. The maximum absolute atomic E-state index is 12.1. The lowest BCUT2D eigenvalue weighted by molar-refractivity contribution is -0.192. The zero-order valence-electron chi connectivity index (χ0n) is 17.4. The van der Waals surface area contributed by atoms with Gasteiger partial charge in [0.05, 0.1) is 12.5 Å². The average Bonchev–Trinajstić information content (AvgIpc) is 2.64. The van der Waals surface area contributed by atoms with Crippen LogP contribution in [0.15, 0.2) is 30.3 Å². The van der Waals surface area contributed by atoms with Crippen LogP contribution in [0.25, 0.3) is 0 Å². The number of esters is 1. The molecule has 0 spiro atoms. The average molecular weight is 434 g/mol. The third-order valence-electron chi connectivity index (χ3n) is 3.95. The zero-order chi connectivity index (χ0) is 23.5. The van der Waals surface area contributed by atoms with Crippen molar-refractivity contribution >= 4 is 17.8 Å². The lowest BCUT2D eigenvalue weighted by Gasteiger charge is -2.27. The number of carbonyl (C=O) groups excluding carboxylic acids is 2. The predicted octanol–water partition coefficient (Wildman–Crippen LogP) is 2.88. The summed E-state index contributed by atoms with van der Waals surface area (Å²) in [6, 6.07) is 8.53. The summed E-state index contributed by atoms with van der Waals surface area (Å²) in [5.41, 5.74) is 6.72. The fraction of sp³-hybridized carbons (Fsp3) is 0.550. The number of carboxylic acid groups (broad SMARTS) is 1. The molecule has 10 heteroatoms. The Labute approximate surface area is 173 Å². The highest BCUT2D eigenvalue weighted by Gasteiger charge is 2.38. The summed E-state index contributed by atoms with van der Waals surface area (Å²) in [6.07, 6.45) is -5.21.